The van der Waals surface area contributed by atoms with E-state index in [1.807, 2.05) is 25.7 Å². The molecule has 0 aromatic rings. The Hall–Kier alpha value is -1.59. The van der Waals surface area contributed by atoms with E-state index < -0.39 is 0 Å². The van der Waals surface area contributed by atoms with E-state index in [0.29, 0.717) is 25.4 Å². The highest BCUT2D eigenvalue weighted by atomic mass is 16.2. The number of nitrogens with one attached hydrogen (secondary N) is 1. The van der Waals surface area contributed by atoms with E-state index in [1.54, 1.807) is 0 Å². The SMILES string of the molecule is CC(C)(C)C1CCN(C(=O)NCCCCCCN2C(=O)CC(C(C)(C)C)C2=O)C1. The molecule has 0 aliphatic carbocycles. The van der Waals surface area contributed by atoms with Gasteiger partial charge in [-0.1, -0.05) is 54.4 Å². The molecule has 1 N–H and O–H groups in total. The molecule has 0 spiro atoms. The minimum Gasteiger partial charge on any atom is -0.338 e. The molecular weight excluding hydrogens is 366 g/mol. The Labute approximate surface area is 176 Å². The van der Waals surface area contributed by atoms with E-state index in [2.05, 4.69) is 26.1 Å². The Morgan fingerprint density at radius 1 is 1.00 bits per heavy atom. The van der Waals surface area contributed by atoms with E-state index in [-0.39, 0.29) is 34.6 Å². The largest absolute Gasteiger partial charge is 0.338 e. The van der Waals surface area contributed by atoms with Crippen molar-refractivity contribution >= 4 is 17.8 Å². The van der Waals surface area contributed by atoms with Crippen LogP contribution >= 0.6 is 0 Å². The lowest BCUT2D eigenvalue weighted by atomic mass is 9.80. The van der Waals surface area contributed by atoms with E-state index in [0.717, 1.165) is 45.2 Å². The quantitative estimate of drug-likeness (QED) is 0.511. The number of rotatable bonds is 7. The summed E-state index contributed by atoms with van der Waals surface area (Å²) in [6, 6.07) is 0.0539. The van der Waals surface area contributed by atoms with Crippen molar-refractivity contribution < 1.29 is 14.4 Å². The number of hydrogen-bond donors (Lipinski definition) is 1. The second-order valence-corrected chi connectivity index (χ2v) is 11.0. The standard InChI is InChI=1S/C23H41N3O3/c1-22(2,3)17-11-14-25(16-17)21(29)24-12-9-7-8-10-13-26-19(27)15-18(20(26)28)23(4,5)6/h17-18H,7-16H2,1-6H3,(H,24,29). The molecule has 0 saturated carbocycles. The summed E-state index contributed by atoms with van der Waals surface area (Å²) in [5.41, 5.74) is 0.0853. The van der Waals surface area contributed by atoms with Crippen LogP contribution in [0, 0.1) is 22.7 Å². The highest BCUT2D eigenvalue weighted by molar-refractivity contribution is 6.03. The third kappa shape index (κ3) is 6.45. The third-order valence-electron chi connectivity index (χ3n) is 6.57. The summed E-state index contributed by atoms with van der Waals surface area (Å²) >= 11 is 0. The van der Waals surface area contributed by atoms with Crippen LogP contribution in [0.2, 0.25) is 0 Å². The predicted octanol–water partition coefficient (Wildman–Crippen LogP) is 4.05. The molecule has 2 atom stereocenters. The van der Waals surface area contributed by atoms with Gasteiger partial charge in [0.15, 0.2) is 0 Å². The van der Waals surface area contributed by atoms with Gasteiger partial charge < -0.3 is 10.2 Å². The Bertz CT molecular complexity index is 603. The molecule has 29 heavy (non-hydrogen) atoms. The summed E-state index contributed by atoms with van der Waals surface area (Å²) in [6.45, 7) is 15.7. The van der Waals surface area contributed by atoms with Crippen molar-refractivity contribution in [2.75, 3.05) is 26.2 Å². The number of nitrogens with zero attached hydrogens (tertiary/aromatic N) is 2. The second-order valence-electron chi connectivity index (χ2n) is 11.0. The van der Waals surface area contributed by atoms with Crippen LogP contribution in [-0.2, 0) is 9.59 Å². The first-order valence-corrected chi connectivity index (χ1v) is 11.3. The minimum absolute atomic E-state index is 0.00561. The number of carbonyl (C=O) groups excluding carboxylic acids is 3. The van der Waals surface area contributed by atoms with Gasteiger partial charge in [0.2, 0.25) is 11.8 Å². The molecule has 0 bridgehead atoms. The summed E-state index contributed by atoms with van der Waals surface area (Å²) in [6.07, 6.45) is 5.14. The summed E-state index contributed by atoms with van der Waals surface area (Å²) < 4.78 is 0. The van der Waals surface area contributed by atoms with Crippen molar-refractivity contribution in [2.45, 2.75) is 80.1 Å². The molecular formula is C23H41N3O3. The molecule has 166 valence electrons. The molecule has 2 saturated heterocycles. The molecule has 2 fully saturated rings. The van der Waals surface area contributed by atoms with E-state index in [4.69, 9.17) is 0 Å². The van der Waals surface area contributed by atoms with Crippen molar-refractivity contribution in [3.05, 3.63) is 0 Å². The van der Waals surface area contributed by atoms with Gasteiger partial charge in [0.05, 0.1) is 5.92 Å². The third-order valence-corrected chi connectivity index (χ3v) is 6.57. The number of carbonyl (C=O) groups is 3. The van der Waals surface area contributed by atoms with Crippen LogP contribution in [0.25, 0.3) is 0 Å². The van der Waals surface area contributed by atoms with Gasteiger partial charge in [-0.25, -0.2) is 4.79 Å². The van der Waals surface area contributed by atoms with Crippen molar-refractivity contribution in [1.82, 2.24) is 15.1 Å². The summed E-state index contributed by atoms with van der Waals surface area (Å²) in [5.74, 6) is 0.353. The molecule has 0 aromatic heterocycles. The highest BCUT2D eigenvalue weighted by Crippen LogP contribution is 2.35. The van der Waals surface area contributed by atoms with Crippen LogP contribution in [0.3, 0.4) is 0 Å². The molecule has 2 aliphatic heterocycles. The second kappa shape index (κ2) is 9.48. The molecule has 2 rings (SSSR count). The summed E-state index contributed by atoms with van der Waals surface area (Å²) in [7, 11) is 0. The van der Waals surface area contributed by atoms with Gasteiger partial charge in [0, 0.05) is 32.6 Å². The molecule has 0 aromatic carbocycles. The predicted molar refractivity (Wildman–Crippen MR) is 115 cm³/mol. The fourth-order valence-electron chi connectivity index (χ4n) is 4.30. The summed E-state index contributed by atoms with van der Waals surface area (Å²) in [4.78, 5) is 40.3. The van der Waals surface area contributed by atoms with Gasteiger partial charge in [-0.15, -0.1) is 0 Å². The first-order chi connectivity index (χ1) is 13.4. The Morgan fingerprint density at radius 2 is 1.66 bits per heavy atom. The highest BCUT2D eigenvalue weighted by Gasteiger charge is 2.44. The van der Waals surface area contributed by atoms with Gasteiger partial charge in [-0.2, -0.15) is 0 Å². The number of urea groups is 1. The zero-order valence-corrected chi connectivity index (χ0v) is 19.3. The molecule has 6 heteroatoms. The lowest BCUT2D eigenvalue weighted by molar-refractivity contribution is -0.140. The topological polar surface area (TPSA) is 69.7 Å². The van der Waals surface area contributed by atoms with Crippen LogP contribution in [0.1, 0.15) is 80.1 Å². The zero-order chi connectivity index (χ0) is 21.8. The number of hydrogen-bond acceptors (Lipinski definition) is 3. The van der Waals surface area contributed by atoms with Gasteiger partial charge >= 0.3 is 6.03 Å². The molecule has 0 radical (unpaired) electrons. The number of unbranched alkanes of at least 4 members (excludes halogenated alkanes) is 3. The van der Waals surface area contributed by atoms with Crippen molar-refractivity contribution in [3.63, 3.8) is 0 Å². The van der Waals surface area contributed by atoms with Crippen LogP contribution in [0.15, 0.2) is 0 Å². The molecule has 2 unspecified atom stereocenters. The lowest BCUT2D eigenvalue weighted by Crippen LogP contribution is -2.39. The molecule has 6 nitrogen and oxygen atoms in total. The lowest BCUT2D eigenvalue weighted by Gasteiger charge is -2.27. The molecule has 4 amide bonds. The average molecular weight is 408 g/mol. The first-order valence-electron chi connectivity index (χ1n) is 11.3. The Morgan fingerprint density at radius 3 is 2.21 bits per heavy atom. The van der Waals surface area contributed by atoms with Gasteiger partial charge in [-0.3, -0.25) is 14.5 Å². The van der Waals surface area contributed by atoms with Crippen molar-refractivity contribution in [2.24, 2.45) is 22.7 Å². The van der Waals surface area contributed by atoms with E-state index >= 15 is 0 Å². The van der Waals surface area contributed by atoms with E-state index in [9.17, 15) is 14.4 Å². The minimum atomic E-state index is -0.186. The average Bonchev–Trinajstić information content (AvgIpc) is 3.20. The maximum Gasteiger partial charge on any atom is 0.317 e. The monoisotopic (exact) mass is 407 g/mol. The summed E-state index contributed by atoms with van der Waals surface area (Å²) in [5, 5.41) is 3.03. The Kier molecular flexibility index (Phi) is 7.74. The molecule has 2 heterocycles. The maximum atomic E-state index is 12.5. The number of likely N-dealkylation sites (tertiary alicyclic amines) is 2. The van der Waals surface area contributed by atoms with Gasteiger partial charge in [0.1, 0.15) is 0 Å². The Balaban J connectivity index is 1.57. The van der Waals surface area contributed by atoms with Gasteiger partial charge in [0.25, 0.3) is 0 Å². The fraction of sp³-hybridized carbons (Fsp3) is 0.870. The van der Waals surface area contributed by atoms with Crippen LogP contribution in [-0.4, -0.2) is 53.8 Å². The normalized spacial score (nSPS) is 23.2. The maximum absolute atomic E-state index is 12.5. The van der Waals surface area contributed by atoms with Crippen LogP contribution < -0.4 is 5.32 Å². The van der Waals surface area contributed by atoms with Crippen LogP contribution in [0.4, 0.5) is 4.79 Å². The number of imide groups is 1. The van der Waals surface area contributed by atoms with Crippen molar-refractivity contribution in [1.29, 1.82) is 0 Å². The van der Waals surface area contributed by atoms with Gasteiger partial charge in [-0.05, 0) is 36.0 Å². The smallest absolute Gasteiger partial charge is 0.317 e. The fourth-order valence-corrected chi connectivity index (χ4v) is 4.30. The van der Waals surface area contributed by atoms with Crippen molar-refractivity contribution in [3.8, 4) is 0 Å². The first kappa shape index (κ1) is 23.7. The van der Waals surface area contributed by atoms with Crippen LogP contribution in [0.5, 0.6) is 0 Å². The zero-order valence-electron chi connectivity index (χ0n) is 19.3. The number of amides is 4. The van der Waals surface area contributed by atoms with E-state index in [1.165, 1.54) is 4.90 Å². The molecule has 2 aliphatic rings.